The molecule has 1 amide bonds. The number of hydrogen-bond donors (Lipinski definition) is 0. The number of fused-ring (bicyclic) bond motifs is 1. The molecule has 0 N–H and O–H groups in total. The molecule has 5 aromatic rings. The van der Waals surface area contributed by atoms with E-state index < -0.39 is 12.0 Å². The van der Waals surface area contributed by atoms with Gasteiger partial charge in [-0.25, -0.2) is 4.98 Å². The zero-order valence-corrected chi connectivity index (χ0v) is 24.1. The Bertz CT molecular complexity index is 1640. The molecule has 41 heavy (non-hydrogen) atoms. The Hall–Kier alpha value is -4.55. The van der Waals surface area contributed by atoms with Gasteiger partial charge >= 0.3 is 0 Å². The molecule has 208 valence electrons. The summed E-state index contributed by atoms with van der Waals surface area (Å²) in [6.07, 6.45) is 0. The fourth-order valence-corrected chi connectivity index (χ4v) is 5.25. The molecule has 6 nitrogen and oxygen atoms in total. The number of carbonyl (C=O) groups is 1. The Labute approximate surface area is 241 Å². The van der Waals surface area contributed by atoms with Crippen molar-refractivity contribution in [1.29, 1.82) is 0 Å². The van der Waals surface area contributed by atoms with Gasteiger partial charge in [0.2, 0.25) is 5.91 Å². The number of amides is 1. The van der Waals surface area contributed by atoms with E-state index in [1.807, 2.05) is 136 Å². The molecule has 0 saturated heterocycles. The van der Waals surface area contributed by atoms with Crippen LogP contribution in [0.4, 0.5) is 0 Å². The summed E-state index contributed by atoms with van der Waals surface area (Å²) in [7, 11) is 3.99. The van der Waals surface area contributed by atoms with Crippen molar-refractivity contribution >= 4 is 16.8 Å². The second-order valence-electron chi connectivity index (χ2n) is 10.7. The molecule has 0 aliphatic carbocycles. The van der Waals surface area contributed by atoms with Gasteiger partial charge in [-0.05, 0) is 63.3 Å². The van der Waals surface area contributed by atoms with Crippen LogP contribution in [0.15, 0.2) is 114 Å². The highest BCUT2D eigenvalue weighted by Gasteiger charge is 2.33. The minimum atomic E-state index is -0.498. The first-order valence-electron chi connectivity index (χ1n) is 14.0. The highest BCUT2D eigenvalue weighted by Crippen LogP contribution is 2.31. The third kappa shape index (κ3) is 5.98. The van der Waals surface area contributed by atoms with Gasteiger partial charge in [0.05, 0.1) is 28.6 Å². The molecular formula is C35H36N4O2. The van der Waals surface area contributed by atoms with Crippen LogP contribution in [0.1, 0.15) is 41.4 Å². The van der Waals surface area contributed by atoms with Gasteiger partial charge in [0.25, 0.3) is 5.56 Å². The van der Waals surface area contributed by atoms with E-state index in [0.717, 1.165) is 22.4 Å². The van der Waals surface area contributed by atoms with Gasteiger partial charge in [-0.15, -0.1) is 0 Å². The Kier molecular flexibility index (Phi) is 8.41. The second-order valence-corrected chi connectivity index (χ2v) is 10.7. The molecule has 1 atom stereocenters. The van der Waals surface area contributed by atoms with Crippen LogP contribution in [0.2, 0.25) is 0 Å². The summed E-state index contributed by atoms with van der Waals surface area (Å²) in [6, 6.07) is 34.5. The van der Waals surface area contributed by atoms with E-state index in [4.69, 9.17) is 4.98 Å². The first kappa shape index (κ1) is 28.0. The van der Waals surface area contributed by atoms with Gasteiger partial charge in [0.1, 0.15) is 5.82 Å². The highest BCUT2D eigenvalue weighted by molar-refractivity contribution is 5.87. The highest BCUT2D eigenvalue weighted by atomic mass is 16.2. The molecule has 0 aliphatic heterocycles. The van der Waals surface area contributed by atoms with Crippen molar-refractivity contribution in [3.8, 4) is 5.69 Å². The summed E-state index contributed by atoms with van der Waals surface area (Å²) < 4.78 is 1.67. The van der Waals surface area contributed by atoms with E-state index in [1.54, 1.807) is 10.6 Å². The van der Waals surface area contributed by atoms with Crippen molar-refractivity contribution in [2.75, 3.05) is 27.2 Å². The number of likely N-dealkylation sites (N-methyl/N-ethyl adjacent to an activating group) is 1. The smallest absolute Gasteiger partial charge is 0.266 e. The molecule has 0 spiro atoms. The topological polar surface area (TPSA) is 58.4 Å². The number of hydrogen-bond acceptors (Lipinski definition) is 4. The van der Waals surface area contributed by atoms with Gasteiger partial charge in [0, 0.05) is 13.1 Å². The number of aromatic nitrogens is 2. The molecule has 5 rings (SSSR count). The monoisotopic (exact) mass is 544 g/mol. The van der Waals surface area contributed by atoms with Crippen LogP contribution >= 0.6 is 0 Å². The van der Waals surface area contributed by atoms with Gasteiger partial charge in [-0.3, -0.25) is 14.2 Å². The molecule has 0 fully saturated rings. The van der Waals surface area contributed by atoms with Crippen LogP contribution in [0.5, 0.6) is 0 Å². The number of benzene rings is 4. The van der Waals surface area contributed by atoms with E-state index >= 15 is 0 Å². The molecule has 1 unspecified atom stereocenters. The van der Waals surface area contributed by atoms with Crippen LogP contribution in [0.25, 0.3) is 16.6 Å². The average molecular weight is 545 g/mol. The van der Waals surface area contributed by atoms with E-state index in [-0.39, 0.29) is 11.5 Å². The zero-order chi connectivity index (χ0) is 28.9. The predicted octanol–water partition coefficient (Wildman–Crippen LogP) is 5.98. The first-order chi connectivity index (χ1) is 19.8. The molecule has 0 saturated carbocycles. The number of rotatable bonds is 9. The molecule has 0 radical (unpaired) electrons. The van der Waals surface area contributed by atoms with Gasteiger partial charge in [0.15, 0.2) is 0 Å². The van der Waals surface area contributed by atoms with Crippen molar-refractivity contribution < 1.29 is 4.79 Å². The SMILES string of the molecule is Cc1ccc(-n2c(C(C)N(CCN(C)C)C(=O)C(c3ccccc3)c3ccccc3)nc3ccccc3c2=O)cc1. The standard InChI is InChI=1S/C35H36N4O2/c1-25-19-21-29(22-20-25)39-33(36-31-18-12-11-17-30(31)34(39)40)26(2)38(24-23-37(3)4)35(41)32(27-13-7-5-8-14-27)28-15-9-6-10-16-28/h5-22,26,32H,23-24H2,1-4H3. The summed E-state index contributed by atoms with van der Waals surface area (Å²) in [5.74, 6) is 0.00108. The van der Waals surface area contributed by atoms with Crippen molar-refractivity contribution in [2.45, 2.75) is 25.8 Å². The predicted molar refractivity (Wildman–Crippen MR) is 165 cm³/mol. The van der Waals surface area contributed by atoms with Crippen LogP contribution in [0.3, 0.4) is 0 Å². The number of aryl methyl sites for hydroxylation is 1. The maximum atomic E-state index is 14.7. The van der Waals surface area contributed by atoms with Crippen LogP contribution in [0, 0.1) is 6.92 Å². The Morgan fingerprint density at radius 3 is 1.93 bits per heavy atom. The second kappa shape index (κ2) is 12.3. The number of nitrogens with zero attached hydrogens (tertiary/aromatic N) is 4. The van der Waals surface area contributed by atoms with Crippen LogP contribution in [-0.2, 0) is 4.79 Å². The first-order valence-corrected chi connectivity index (χ1v) is 14.0. The molecule has 0 aliphatic rings. The fourth-order valence-electron chi connectivity index (χ4n) is 5.25. The normalized spacial score (nSPS) is 12.1. The number of carbonyl (C=O) groups excluding carboxylic acids is 1. The lowest BCUT2D eigenvalue weighted by atomic mass is 9.89. The summed E-state index contributed by atoms with van der Waals surface area (Å²) in [5.41, 5.74) is 4.14. The maximum Gasteiger partial charge on any atom is 0.266 e. The van der Waals surface area contributed by atoms with E-state index in [0.29, 0.717) is 29.8 Å². The van der Waals surface area contributed by atoms with Crippen LogP contribution in [-0.4, -0.2) is 52.4 Å². The molecule has 6 heteroatoms. The van der Waals surface area contributed by atoms with Crippen molar-refractivity contribution in [2.24, 2.45) is 0 Å². The van der Waals surface area contributed by atoms with Crippen molar-refractivity contribution in [3.63, 3.8) is 0 Å². The Balaban J connectivity index is 1.68. The molecule has 4 aromatic carbocycles. The van der Waals surface area contributed by atoms with E-state index in [9.17, 15) is 9.59 Å². The third-order valence-corrected chi connectivity index (χ3v) is 7.52. The quantitative estimate of drug-likeness (QED) is 0.229. The summed E-state index contributed by atoms with van der Waals surface area (Å²) >= 11 is 0. The fraction of sp³-hybridized carbons (Fsp3) is 0.229. The van der Waals surface area contributed by atoms with Gasteiger partial charge in [-0.2, -0.15) is 0 Å². The van der Waals surface area contributed by atoms with Crippen LogP contribution < -0.4 is 5.56 Å². The largest absolute Gasteiger partial charge is 0.331 e. The van der Waals surface area contributed by atoms with Crippen molar-refractivity contribution in [1.82, 2.24) is 19.4 Å². The Morgan fingerprint density at radius 1 is 0.780 bits per heavy atom. The summed E-state index contributed by atoms with van der Waals surface area (Å²) in [4.78, 5) is 37.7. The summed E-state index contributed by atoms with van der Waals surface area (Å²) in [5, 5.41) is 0.543. The Morgan fingerprint density at radius 2 is 1.34 bits per heavy atom. The molecule has 1 aromatic heterocycles. The lowest BCUT2D eigenvalue weighted by Gasteiger charge is -2.34. The minimum absolute atomic E-state index is 0.0328. The molecular weight excluding hydrogens is 508 g/mol. The van der Waals surface area contributed by atoms with E-state index in [2.05, 4.69) is 4.90 Å². The third-order valence-electron chi connectivity index (χ3n) is 7.52. The van der Waals surface area contributed by atoms with E-state index in [1.165, 1.54) is 0 Å². The van der Waals surface area contributed by atoms with Gasteiger partial charge in [-0.1, -0.05) is 90.5 Å². The average Bonchev–Trinajstić information content (AvgIpc) is 2.99. The lowest BCUT2D eigenvalue weighted by molar-refractivity contribution is -0.134. The zero-order valence-electron chi connectivity index (χ0n) is 24.1. The molecule has 0 bridgehead atoms. The van der Waals surface area contributed by atoms with Gasteiger partial charge < -0.3 is 9.80 Å². The summed E-state index contributed by atoms with van der Waals surface area (Å²) in [6.45, 7) is 5.13. The maximum absolute atomic E-state index is 14.7. The number of para-hydroxylation sites is 1. The lowest BCUT2D eigenvalue weighted by Crippen LogP contribution is -2.43. The van der Waals surface area contributed by atoms with Crippen molar-refractivity contribution in [3.05, 3.63) is 142 Å². The minimum Gasteiger partial charge on any atom is -0.331 e. The molecule has 1 heterocycles.